The van der Waals surface area contributed by atoms with Gasteiger partial charge in [-0.25, -0.2) is 4.98 Å². The maximum atomic E-state index is 10.7. The van der Waals surface area contributed by atoms with Crippen molar-refractivity contribution < 1.29 is 9.66 Å². The van der Waals surface area contributed by atoms with E-state index in [1.165, 1.54) is 12.1 Å². The highest BCUT2D eigenvalue weighted by Gasteiger charge is 2.26. The van der Waals surface area contributed by atoms with Gasteiger partial charge in [-0.05, 0) is 12.8 Å². The van der Waals surface area contributed by atoms with Crippen LogP contribution in [0.3, 0.4) is 0 Å². The molecule has 1 saturated heterocycles. The molecule has 0 spiro atoms. The molecule has 0 aromatic carbocycles. The molecule has 2 unspecified atom stereocenters. The molecule has 1 fully saturated rings. The highest BCUT2D eigenvalue weighted by Crippen LogP contribution is 2.24. The van der Waals surface area contributed by atoms with Gasteiger partial charge in [0.2, 0.25) is 0 Å². The Morgan fingerprint density at radius 1 is 1.63 bits per heavy atom. The molecule has 1 aromatic rings. The Balaban J connectivity index is 2.01. The van der Waals surface area contributed by atoms with E-state index in [1.54, 1.807) is 0 Å². The van der Waals surface area contributed by atoms with Gasteiger partial charge in [-0.2, -0.15) is 0 Å². The van der Waals surface area contributed by atoms with Crippen LogP contribution in [-0.4, -0.2) is 29.2 Å². The van der Waals surface area contributed by atoms with Crippen LogP contribution >= 0.6 is 0 Å². The van der Waals surface area contributed by atoms with Crippen molar-refractivity contribution in [2.75, 3.05) is 24.2 Å². The average molecular weight is 266 g/mol. The zero-order valence-corrected chi connectivity index (χ0v) is 10.8. The number of nitro groups is 1. The summed E-state index contributed by atoms with van der Waals surface area (Å²) in [5.41, 5.74) is 5.50. The number of hydrogen-bond acceptors (Lipinski definition) is 6. The van der Waals surface area contributed by atoms with Crippen LogP contribution in [0.2, 0.25) is 0 Å². The van der Waals surface area contributed by atoms with Gasteiger partial charge in [-0.15, -0.1) is 0 Å². The van der Waals surface area contributed by atoms with E-state index in [9.17, 15) is 10.1 Å². The quantitative estimate of drug-likeness (QED) is 0.622. The summed E-state index contributed by atoms with van der Waals surface area (Å²) >= 11 is 0. The van der Waals surface area contributed by atoms with Crippen LogP contribution in [-0.2, 0) is 4.74 Å². The first kappa shape index (κ1) is 13.5. The van der Waals surface area contributed by atoms with Crippen LogP contribution in [0.4, 0.5) is 17.3 Å². The van der Waals surface area contributed by atoms with Crippen molar-refractivity contribution in [2.45, 2.75) is 25.9 Å². The molecule has 0 amide bonds. The Kier molecular flexibility index (Phi) is 4.16. The van der Waals surface area contributed by atoms with Crippen molar-refractivity contribution in [3.8, 4) is 0 Å². The van der Waals surface area contributed by atoms with Gasteiger partial charge in [0.15, 0.2) is 0 Å². The molecule has 7 nitrogen and oxygen atoms in total. The number of nitrogens with one attached hydrogen (secondary N) is 1. The molecule has 2 rings (SSSR count). The molecule has 1 aliphatic heterocycles. The third kappa shape index (κ3) is 3.31. The topological polar surface area (TPSA) is 103 Å². The second-order valence-corrected chi connectivity index (χ2v) is 4.64. The minimum absolute atomic E-state index is 0.0512. The van der Waals surface area contributed by atoms with Gasteiger partial charge < -0.3 is 15.8 Å². The van der Waals surface area contributed by atoms with Crippen molar-refractivity contribution in [3.05, 3.63) is 22.2 Å². The molecule has 2 atom stereocenters. The lowest BCUT2D eigenvalue weighted by Gasteiger charge is -2.17. The fraction of sp³-hybridized carbons (Fsp3) is 0.583. The standard InChI is InChI=1S/C12H18N4O3/c1-2-10-8(3-4-19-10)7-14-12-6-9(16(17)18)5-11(13)15-12/h5-6,8,10H,2-4,7H2,1H3,(H3,13,14,15). The number of rotatable bonds is 5. The smallest absolute Gasteiger partial charge is 0.276 e. The molecule has 19 heavy (non-hydrogen) atoms. The summed E-state index contributed by atoms with van der Waals surface area (Å²) in [5.74, 6) is 0.993. The van der Waals surface area contributed by atoms with Gasteiger partial charge in [-0.1, -0.05) is 6.92 Å². The van der Waals surface area contributed by atoms with Crippen molar-refractivity contribution >= 4 is 17.3 Å². The Morgan fingerprint density at radius 2 is 2.42 bits per heavy atom. The molecule has 0 saturated carbocycles. The molecule has 2 heterocycles. The summed E-state index contributed by atoms with van der Waals surface area (Å²) in [4.78, 5) is 14.3. The number of nitrogen functional groups attached to an aromatic ring is 1. The van der Waals surface area contributed by atoms with Crippen molar-refractivity contribution in [3.63, 3.8) is 0 Å². The van der Waals surface area contributed by atoms with Crippen LogP contribution in [0.1, 0.15) is 19.8 Å². The highest BCUT2D eigenvalue weighted by atomic mass is 16.6. The molecular formula is C12H18N4O3. The molecule has 1 aromatic heterocycles. The highest BCUT2D eigenvalue weighted by molar-refractivity contribution is 5.52. The summed E-state index contributed by atoms with van der Waals surface area (Å²) in [6, 6.07) is 2.64. The number of nitrogens with two attached hydrogens (primary N) is 1. The van der Waals surface area contributed by atoms with Gasteiger partial charge in [0.25, 0.3) is 5.69 Å². The first-order chi connectivity index (χ1) is 9.10. The second-order valence-electron chi connectivity index (χ2n) is 4.64. The Hall–Kier alpha value is -1.89. The number of pyridine rings is 1. The van der Waals surface area contributed by atoms with Gasteiger partial charge >= 0.3 is 0 Å². The Labute approximate surface area is 111 Å². The van der Waals surface area contributed by atoms with Crippen LogP contribution < -0.4 is 11.1 Å². The summed E-state index contributed by atoms with van der Waals surface area (Å²) < 4.78 is 5.60. The van der Waals surface area contributed by atoms with E-state index in [1.807, 2.05) is 0 Å². The molecule has 104 valence electrons. The maximum absolute atomic E-state index is 10.7. The normalized spacial score (nSPS) is 22.4. The molecule has 7 heteroatoms. The SMILES string of the molecule is CCC1OCCC1CNc1cc([N+](=O)[O-])cc(N)n1. The van der Waals surface area contributed by atoms with E-state index in [-0.39, 0.29) is 17.6 Å². The summed E-state index contributed by atoms with van der Waals surface area (Å²) in [6.07, 6.45) is 2.22. The zero-order valence-electron chi connectivity index (χ0n) is 10.8. The number of anilines is 2. The third-order valence-electron chi connectivity index (χ3n) is 3.33. The number of aromatic nitrogens is 1. The van der Waals surface area contributed by atoms with Crippen LogP contribution in [0.15, 0.2) is 12.1 Å². The van der Waals surface area contributed by atoms with Gasteiger partial charge in [0.1, 0.15) is 11.6 Å². The molecule has 0 bridgehead atoms. The molecule has 0 aliphatic carbocycles. The van der Waals surface area contributed by atoms with E-state index >= 15 is 0 Å². The fourth-order valence-electron chi connectivity index (χ4n) is 2.35. The molecular weight excluding hydrogens is 248 g/mol. The van der Waals surface area contributed by atoms with Crippen molar-refractivity contribution in [2.24, 2.45) is 5.92 Å². The van der Waals surface area contributed by atoms with Gasteiger partial charge in [-0.3, -0.25) is 10.1 Å². The van der Waals surface area contributed by atoms with E-state index in [0.29, 0.717) is 18.3 Å². The predicted octanol–water partition coefficient (Wildman–Crippen LogP) is 1.80. The Morgan fingerprint density at radius 3 is 3.11 bits per heavy atom. The van der Waals surface area contributed by atoms with Gasteiger partial charge in [0.05, 0.1) is 23.2 Å². The zero-order chi connectivity index (χ0) is 13.8. The number of hydrogen-bond donors (Lipinski definition) is 2. The largest absolute Gasteiger partial charge is 0.383 e. The average Bonchev–Trinajstić information content (AvgIpc) is 2.83. The predicted molar refractivity (Wildman–Crippen MR) is 71.9 cm³/mol. The molecule has 1 aliphatic rings. The first-order valence-corrected chi connectivity index (χ1v) is 6.37. The van der Waals surface area contributed by atoms with Gasteiger partial charge in [0, 0.05) is 19.1 Å². The number of ether oxygens (including phenoxy) is 1. The lowest BCUT2D eigenvalue weighted by atomic mass is 10.00. The maximum Gasteiger partial charge on any atom is 0.276 e. The van der Waals surface area contributed by atoms with Crippen molar-refractivity contribution in [1.82, 2.24) is 4.98 Å². The summed E-state index contributed by atoms with van der Waals surface area (Å²) in [6.45, 7) is 3.55. The first-order valence-electron chi connectivity index (χ1n) is 6.37. The van der Waals surface area contributed by atoms with Crippen LogP contribution in [0.25, 0.3) is 0 Å². The van der Waals surface area contributed by atoms with Crippen molar-refractivity contribution in [1.29, 1.82) is 0 Å². The monoisotopic (exact) mass is 266 g/mol. The lowest BCUT2D eigenvalue weighted by Crippen LogP contribution is -2.23. The minimum Gasteiger partial charge on any atom is -0.383 e. The van der Waals surface area contributed by atoms with E-state index in [4.69, 9.17) is 10.5 Å². The van der Waals surface area contributed by atoms with E-state index in [0.717, 1.165) is 19.4 Å². The third-order valence-corrected chi connectivity index (χ3v) is 3.33. The van der Waals surface area contributed by atoms with Crippen LogP contribution in [0.5, 0.6) is 0 Å². The number of nitrogens with zero attached hydrogens (tertiary/aromatic N) is 2. The lowest BCUT2D eigenvalue weighted by molar-refractivity contribution is -0.384. The summed E-state index contributed by atoms with van der Waals surface area (Å²) in [7, 11) is 0. The summed E-state index contributed by atoms with van der Waals surface area (Å²) in [5, 5.41) is 13.9. The van der Waals surface area contributed by atoms with Crippen LogP contribution in [0, 0.1) is 16.0 Å². The fourth-order valence-corrected chi connectivity index (χ4v) is 2.35. The Bertz CT molecular complexity index is 466. The molecule has 0 radical (unpaired) electrons. The van der Waals surface area contributed by atoms with E-state index < -0.39 is 4.92 Å². The molecule has 3 N–H and O–H groups in total. The minimum atomic E-state index is -0.475. The van der Waals surface area contributed by atoms with E-state index in [2.05, 4.69) is 17.2 Å². The second kappa shape index (κ2) is 5.83.